The fourth-order valence-electron chi connectivity index (χ4n) is 3.08. The minimum Gasteiger partial charge on any atom is -0.373 e. The zero-order valence-corrected chi connectivity index (χ0v) is 14.3. The molecule has 23 heavy (non-hydrogen) atoms. The van der Waals surface area contributed by atoms with Gasteiger partial charge in [-0.25, -0.2) is 0 Å². The SMILES string of the molecule is CCCCCCNC(N)=NCC1CCCOC1c1ccccc1. The third-order valence-electron chi connectivity index (χ3n) is 4.41. The van der Waals surface area contributed by atoms with Gasteiger partial charge in [0.2, 0.25) is 0 Å². The van der Waals surface area contributed by atoms with Crippen molar-refractivity contribution in [1.82, 2.24) is 5.32 Å². The van der Waals surface area contributed by atoms with Gasteiger partial charge in [-0.05, 0) is 24.8 Å². The Hall–Kier alpha value is -1.55. The lowest BCUT2D eigenvalue weighted by Crippen LogP contribution is -2.34. The second kappa shape index (κ2) is 10.3. The van der Waals surface area contributed by atoms with Gasteiger partial charge in [-0.1, -0.05) is 56.5 Å². The molecule has 0 radical (unpaired) electrons. The summed E-state index contributed by atoms with van der Waals surface area (Å²) in [4.78, 5) is 4.54. The van der Waals surface area contributed by atoms with E-state index in [-0.39, 0.29) is 6.10 Å². The van der Waals surface area contributed by atoms with E-state index in [2.05, 4.69) is 41.5 Å². The first-order chi connectivity index (χ1) is 11.3. The normalized spacial score (nSPS) is 22.0. The van der Waals surface area contributed by atoms with Crippen molar-refractivity contribution in [3.8, 4) is 0 Å². The topological polar surface area (TPSA) is 59.6 Å². The number of nitrogens with zero attached hydrogens (tertiary/aromatic N) is 1. The first-order valence-corrected chi connectivity index (χ1v) is 9.01. The molecule has 1 saturated heterocycles. The molecule has 128 valence electrons. The number of unbranched alkanes of at least 4 members (excludes halogenated alkanes) is 3. The molecular formula is C19H31N3O. The number of rotatable bonds is 8. The summed E-state index contributed by atoms with van der Waals surface area (Å²) in [6.45, 7) is 4.70. The number of nitrogens with one attached hydrogen (secondary N) is 1. The van der Waals surface area contributed by atoms with Crippen molar-refractivity contribution >= 4 is 5.96 Å². The van der Waals surface area contributed by atoms with Gasteiger partial charge >= 0.3 is 0 Å². The molecule has 0 spiro atoms. The van der Waals surface area contributed by atoms with Crippen LogP contribution in [-0.4, -0.2) is 25.7 Å². The predicted octanol–water partition coefficient (Wildman–Crippen LogP) is 3.64. The Morgan fingerprint density at radius 3 is 2.87 bits per heavy atom. The van der Waals surface area contributed by atoms with E-state index in [0.717, 1.165) is 39.0 Å². The lowest BCUT2D eigenvalue weighted by Gasteiger charge is -2.31. The summed E-state index contributed by atoms with van der Waals surface area (Å²) in [7, 11) is 0. The monoisotopic (exact) mass is 317 g/mol. The third kappa shape index (κ3) is 6.22. The van der Waals surface area contributed by atoms with Crippen LogP contribution in [0, 0.1) is 5.92 Å². The Bertz CT molecular complexity index is 461. The molecule has 4 heteroatoms. The van der Waals surface area contributed by atoms with Gasteiger partial charge in [0.1, 0.15) is 0 Å². The van der Waals surface area contributed by atoms with Gasteiger partial charge in [0, 0.05) is 25.6 Å². The number of guanidine groups is 1. The Kier molecular flexibility index (Phi) is 7.95. The van der Waals surface area contributed by atoms with E-state index >= 15 is 0 Å². The van der Waals surface area contributed by atoms with Crippen molar-refractivity contribution in [2.75, 3.05) is 19.7 Å². The van der Waals surface area contributed by atoms with Crippen molar-refractivity contribution in [1.29, 1.82) is 0 Å². The molecule has 1 aliphatic heterocycles. The van der Waals surface area contributed by atoms with Crippen LogP contribution in [0.15, 0.2) is 35.3 Å². The molecule has 1 aromatic carbocycles. The number of hydrogen-bond acceptors (Lipinski definition) is 2. The van der Waals surface area contributed by atoms with Gasteiger partial charge in [0.15, 0.2) is 5.96 Å². The Labute approximate surface area is 140 Å². The van der Waals surface area contributed by atoms with Crippen LogP contribution < -0.4 is 11.1 Å². The van der Waals surface area contributed by atoms with Crippen molar-refractivity contribution in [2.45, 2.75) is 51.6 Å². The van der Waals surface area contributed by atoms with E-state index in [1.54, 1.807) is 0 Å². The van der Waals surface area contributed by atoms with Crippen LogP contribution in [0.2, 0.25) is 0 Å². The number of nitrogens with two attached hydrogens (primary N) is 1. The molecule has 0 saturated carbocycles. The van der Waals surface area contributed by atoms with E-state index in [1.165, 1.54) is 24.8 Å². The van der Waals surface area contributed by atoms with Gasteiger partial charge in [-0.15, -0.1) is 0 Å². The Morgan fingerprint density at radius 2 is 2.09 bits per heavy atom. The summed E-state index contributed by atoms with van der Waals surface area (Å²) in [5.41, 5.74) is 7.24. The van der Waals surface area contributed by atoms with E-state index in [9.17, 15) is 0 Å². The highest BCUT2D eigenvalue weighted by molar-refractivity contribution is 5.77. The zero-order chi connectivity index (χ0) is 16.3. The number of aliphatic imine (C=N–C) groups is 1. The van der Waals surface area contributed by atoms with Crippen molar-refractivity contribution in [2.24, 2.45) is 16.6 Å². The molecule has 0 amide bonds. The van der Waals surface area contributed by atoms with Gasteiger partial charge in [-0.2, -0.15) is 0 Å². The quantitative estimate of drug-likeness (QED) is 0.437. The summed E-state index contributed by atoms with van der Waals surface area (Å²) in [6, 6.07) is 10.5. The van der Waals surface area contributed by atoms with Crippen LogP contribution in [-0.2, 0) is 4.74 Å². The summed E-state index contributed by atoms with van der Waals surface area (Å²) < 4.78 is 6.00. The maximum absolute atomic E-state index is 6.00. The lowest BCUT2D eigenvalue weighted by atomic mass is 9.89. The fraction of sp³-hybridized carbons (Fsp3) is 0.632. The summed E-state index contributed by atoms with van der Waals surface area (Å²) in [5.74, 6) is 0.977. The number of ether oxygens (including phenoxy) is 1. The van der Waals surface area contributed by atoms with Gasteiger partial charge in [-0.3, -0.25) is 4.99 Å². The first kappa shape index (κ1) is 17.8. The molecule has 4 nitrogen and oxygen atoms in total. The molecule has 1 fully saturated rings. The molecule has 1 aliphatic rings. The van der Waals surface area contributed by atoms with E-state index in [4.69, 9.17) is 10.5 Å². The molecule has 0 bridgehead atoms. The predicted molar refractivity (Wildman–Crippen MR) is 96.5 cm³/mol. The van der Waals surface area contributed by atoms with Crippen molar-refractivity contribution in [3.05, 3.63) is 35.9 Å². The van der Waals surface area contributed by atoms with Crippen LogP contribution in [0.3, 0.4) is 0 Å². The largest absolute Gasteiger partial charge is 0.373 e. The highest BCUT2D eigenvalue weighted by Crippen LogP contribution is 2.33. The summed E-state index contributed by atoms with van der Waals surface area (Å²) in [6.07, 6.45) is 7.35. The summed E-state index contributed by atoms with van der Waals surface area (Å²) >= 11 is 0. The molecule has 1 aromatic rings. The van der Waals surface area contributed by atoms with Gasteiger partial charge in [0.25, 0.3) is 0 Å². The zero-order valence-electron chi connectivity index (χ0n) is 14.3. The van der Waals surface area contributed by atoms with Crippen LogP contribution in [0.5, 0.6) is 0 Å². The van der Waals surface area contributed by atoms with Gasteiger partial charge in [0.05, 0.1) is 6.10 Å². The molecule has 2 rings (SSSR count). The molecule has 0 aliphatic carbocycles. The standard InChI is InChI=1S/C19H31N3O/c1-2-3-4-8-13-21-19(20)22-15-17-12-9-14-23-18(17)16-10-6-5-7-11-16/h5-7,10-11,17-18H,2-4,8-9,12-15H2,1H3,(H3,20,21,22). The second-order valence-corrected chi connectivity index (χ2v) is 6.32. The molecule has 0 aromatic heterocycles. The van der Waals surface area contributed by atoms with Crippen molar-refractivity contribution in [3.63, 3.8) is 0 Å². The average molecular weight is 317 g/mol. The Morgan fingerprint density at radius 1 is 1.26 bits per heavy atom. The lowest BCUT2D eigenvalue weighted by molar-refractivity contribution is -0.0250. The summed E-state index contributed by atoms with van der Waals surface area (Å²) in [5, 5.41) is 3.22. The van der Waals surface area contributed by atoms with Crippen LogP contribution >= 0.6 is 0 Å². The fourth-order valence-corrected chi connectivity index (χ4v) is 3.08. The van der Waals surface area contributed by atoms with E-state index in [0.29, 0.717) is 11.9 Å². The molecule has 2 atom stereocenters. The number of hydrogen-bond donors (Lipinski definition) is 2. The average Bonchev–Trinajstić information content (AvgIpc) is 2.61. The smallest absolute Gasteiger partial charge is 0.188 e. The highest BCUT2D eigenvalue weighted by Gasteiger charge is 2.27. The van der Waals surface area contributed by atoms with E-state index < -0.39 is 0 Å². The van der Waals surface area contributed by atoms with Crippen LogP contribution in [0.1, 0.15) is 57.1 Å². The molecule has 2 unspecified atom stereocenters. The molecule has 1 heterocycles. The maximum Gasteiger partial charge on any atom is 0.188 e. The number of benzene rings is 1. The molecule has 3 N–H and O–H groups in total. The van der Waals surface area contributed by atoms with E-state index in [1.807, 2.05) is 6.07 Å². The third-order valence-corrected chi connectivity index (χ3v) is 4.41. The van der Waals surface area contributed by atoms with Gasteiger partial charge < -0.3 is 15.8 Å². The minimum absolute atomic E-state index is 0.144. The van der Waals surface area contributed by atoms with Crippen LogP contribution in [0.4, 0.5) is 0 Å². The second-order valence-electron chi connectivity index (χ2n) is 6.32. The maximum atomic E-state index is 6.00. The first-order valence-electron chi connectivity index (χ1n) is 9.01. The highest BCUT2D eigenvalue weighted by atomic mass is 16.5. The molecular weight excluding hydrogens is 286 g/mol. The van der Waals surface area contributed by atoms with Crippen LogP contribution in [0.25, 0.3) is 0 Å². The minimum atomic E-state index is 0.144. The Balaban J connectivity index is 1.81. The van der Waals surface area contributed by atoms with Crippen molar-refractivity contribution < 1.29 is 4.74 Å².